The van der Waals surface area contributed by atoms with Crippen molar-refractivity contribution in [2.24, 2.45) is 10.9 Å². The molecule has 0 fully saturated rings. The van der Waals surface area contributed by atoms with Gasteiger partial charge in [0.2, 0.25) is 10.0 Å². The number of sulfonamides is 1. The molecule has 0 saturated heterocycles. The quantitative estimate of drug-likeness (QED) is 0.318. The number of amides is 1. The fraction of sp³-hybridized carbons (Fsp3) is 0.0435. The van der Waals surface area contributed by atoms with Gasteiger partial charge in [-0.15, -0.1) is 0 Å². The van der Waals surface area contributed by atoms with Crippen LogP contribution in [0.2, 0.25) is 0 Å². The lowest BCUT2D eigenvalue weighted by Gasteiger charge is -2.16. The molecule has 0 spiro atoms. The first-order chi connectivity index (χ1) is 15.1. The predicted molar refractivity (Wildman–Crippen MR) is 123 cm³/mol. The van der Waals surface area contributed by atoms with Crippen molar-refractivity contribution in [2.75, 3.05) is 5.73 Å². The van der Waals surface area contributed by atoms with Gasteiger partial charge in [-0.1, -0.05) is 66.7 Å². The van der Waals surface area contributed by atoms with E-state index in [-0.39, 0.29) is 23.2 Å². The van der Waals surface area contributed by atoms with E-state index in [2.05, 4.69) is 0 Å². The van der Waals surface area contributed by atoms with Crippen LogP contribution in [0.3, 0.4) is 0 Å². The summed E-state index contributed by atoms with van der Waals surface area (Å²) in [7, 11) is -4.35. The summed E-state index contributed by atoms with van der Waals surface area (Å²) < 4.78 is 24.7. The fourth-order valence-corrected chi connectivity index (χ4v) is 4.29. The molecule has 0 aliphatic carbocycles. The highest BCUT2D eigenvalue weighted by Gasteiger charge is 2.26. The Bertz CT molecular complexity index is 1320. The number of rotatable bonds is 7. The number of nitrogens with two attached hydrogens (primary N) is 3. The molecule has 0 unspecified atom stereocenters. The summed E-state index contributed by atoms with van der Waals surface area (Å²) in [5, 5.41) is 14.3. The van der Waals surface area contributed by atoms with Crippen molar-refractivity contribution in [1.29, 1.82) is 0 Å². The second-order valence-electron chi connectivity index (χ2n) is 7.05. The van der Waals surface area contributed by atoms with Gasteiger partial charge in [-0.3, -0.25) is 9.59 Å². The summed E-state index contributed by atoms with van der Waals surface area (Å²) in [5.74, 6) is -1.96. The molecular formula is C23H21N3O5S. The zero-order valence-corrected chi connectivity index (χ0v) is 17.7. The first kappa shape index (κ1) is 22.7. The van der Waals surface area contributed by atoms with Crippen LogP contribution in [0.25, 0.3) is 23.3 Å². The largest absolute Gasteiger partial charge is 0.481 e. The van der Waals surface area contributed by atoms with Crippen LogP contribution in [0, 0.1) is 0 Å². The molecule has 0 aliphatic rings. The maximum Gasteiger partial charge on any atom is 0.307 e. The van der Waals surface area contributed by atoms with E-state index in [0.29, 0.717) is 22.3 Å². The summed E-state index contributed by atoms with van der Waals surface area (Å²) in [6.45, 7) is 0. The first-order valence-corrected chi connectivity index (χ1v) is 11.0. The summed E-state index contributed by atoms with van der Waals surface area (Å²) in [4.78, 5) is 22.5. The minimum Gasteiger partial charge on any atom is -0.481 e. The summed E-state index contributed by atoms with van der Waals surface area (Å²) in [6, 6.07) is 17.1. The molecule has 0 bridgehead atoms. The molecule has 0 aliphatic heterocycles. The van der Waals surface area contributed by atoms with Crippen LogP contribution in [-0.4, -0.2) is 25.4 Å². The molecule has 0 saturated carbocycles. The van der Waals surface area contributed by atoms with Crippen molar-refractivity contribution in [3.05, 3.63) is 82.9 Å². The number of aliphatic carboxylic acids is 1. The number of benzene rings is 3. The Balaban J connectivity index is 2.19. The molecule has 1 amide bonds. The van der Waals surface area contributed by atoms with Crippen LogP contribution in [0.4, 0.5) is 5.69 Å². The molecule has 164 valence electrons. The monoisotopic (exact) mass is 451 g/mol. The van der Waals surface area contributed by atoms with Crippen molar-refractivity contribution in [2.45, 2.75) is 11.3 Å². The van der Waals surface area contributed by atoms with Gasteiger partial charge >= 0.3 is 5.97 Å². The van der Waals surface area contributed by atoms with Crippen LogP contribution in [0.5, 0.6) is 0 Å². The summed E-state index contributed by atoms with van der Waals surface area (Å²) >= 11 is 0. The predicted octanol–water partition coefficient (Wildman–Crippen LogP) is 2.48. The van der Waals surface area contributed by atoms with Gasteiger partial charge in [0.25, 0.3) is 5.91 Å². The zero-order valence-electron chi connectivity index (χ0n) is 16.9. The van der Waals surface area contributed by atoms with E-state index >= 15 is 0 Å². The van der Waals surface area contributed by atoms with Crippen LogP contribution >= 0.6 is 0 Å². The van der Waals surface area contributed by atoms with Gasteiger partial charge in [0, 0.05) is 5.56 Å². The summed E-state index contributed by atoms with van der Waals surface area (Å²) in [5.41, 5.74) is 13.7. The Morgan fingerprint density at radius 2 is 1.59 bits per heavy atom. The molecule has 0 radical (unpaired) electrons. The van der Waals surface area contributed by atoms with Crippen LogP contribution in [0.1, 0.15) is 27.0 Å². The summed E-state index contributed by atoms with van der Waals surface area (Å²) in [6.07, 6.45) is 2.99. The van der Waals surface area contributed by atoms with Crippen molar-refractivity contribution in [3.8, 4) is 11.1 Å². The minimum atomic E-state index is -4.35. The van der Waals surface area contributed by atoms with Gasteiger partial charge in [0.1, 0.15) is 4.90 Å². The number of carboxylic acids is 1. The van der Waals surface area contributed by atoms with E-state index in [4.69, 9.17) is 21.7 Å². The number of hydrogen-bond acceptors (Lipinski definition) is 5. The second-order valence-corrected chi connectivity index (χ2v) is 8.55. The van der Waals surface area contributed by atoms with Crippen molar-refractivity contribution in [1.82, 2.24) is 0 Å². The smallest absolute Gasteiger partial charge is 0.307 e. The number of primary amides is 1. The third-order valence-corrected chi connectivity index (χ3v) is 5.76. The van der Waals surface area contributed by atoms with E-state index in [0.717, 1.165) is 0 Å². The number of carbonyl (C=O) groups excluding carboxylic acids is 1. The Morgan fingerprint density at radius 1 is 0.969 bits per heavy atom. The standard InChI is InChI=1S/C23H21N3O5S/c24-21-18(16-4-2-1-3-5-16)13-17(22(32(26,30)31)20(21)23(25)29)11-10-14-6-8-15(9-7-14)12-19(27)28/h1-11,13H,12,24H2,(H2,25,29)(H,27,28)(H2,26,30,31)/b11-10+. The van der Waals surface area contributed by atoms with Crippen LogP contribution in [-0.2, 0) is 21.2 Å². The number of carboxylic acid groups (broad SMARTS) is 1. The molecule has 0 heterocycles. The lowest BCUT2D eigenvalue weighted by Crippen LogP contribution is -2.23. The third-order valence-electron chi connectivity index (χ3n) is 4.75. The number of hydrogen-bond donors (Lipinski definition) is 4. The van der Waals surface area contributed by atoms with Gasteiger partial charge < -0.3 is 16.6 Å². The van der Waals surface area contributed by atoms with Crippen LogP contribution < -0.4 is 16.6 Å². The molecule has 32 heavy (non-hydrogen) atoms. The Morgan fingerprint density at radius 3 is 2.12 bits per heavy atom. The number of carbonyl (C=O) groups is 2. The van der Waals surface area contributed by atoms with E-state index < -0.39 is 26.8 Å². The third kappa shape index (κ3) is 5.02. The highest BCUT2D eigenvalue weighted by Crippen LogP contribution is 2.36. The topological polar surface area (TPSA) is 167 Å². The lowest BCUT2D eigenvalue weighted by molar-refractivity contribution is -0.136. The molecule has 0 atom stereocenters. The maximum atomic E-state index is 12.4. The van der Waals surface area contributed by atoms with E-state index in [9.17, 15) is 18.0 Å². The molecule has 3 aromatic rings. The molecular weight excluding hydrogens is 430 g/mol. The maximum absolute atomic E-state index is 12.4. The van der Waals surface area contributed by atoms with E-state index in [1.54, 1.807) is 54.6 Å². The van der Waals surface area contributed by atoms with E-state index in [1.165, 1.54) is 12.1 Å². The molecule has 0 aromatic heterocycles. The molecule has 9 heteroatoms. The van der Waals surface area contributed by atoms with Crippen molar-refractivity contribution >= 4 is 39.7 Å². The SMILES string of the molecule is NC(=O)c1c(N)c(-c2ccccc2)cc(/C=C/c2ccc(CC(=O)O)cc2)c1S(N)(=O)=O. The Labute approximate surface area is 185 Å². The fourth-order valence-electron chi connectivity index (χ4n) is 3.34. The van der Waals surface area contributed by atoms with Gasteiger partial charge in [0.15, 0.2) is 0 Å². The van der Waals surface area contributed by atoms with Gasteiger partial charge in [0.05, 0.1) is 17.7 Å². The molecule has 7 N–H and O–H groups in total. The molecule has 3 aromatic carbocycles. The zero-order chi connectivity index (χ0) is 23.5. The molecule has 8 nitrogen and oxygen atoms in total. The van der Waals surface area contributed by atoms with Gasteiger partial charge in [-0.05, 0) is 28.3 Å². The number of anilines is 1. The van der Waals surface area contributed by atoms with Gasteiger partial charge in [-0.2, -0.15) is 0 Å². The average molecular weight is 452 g/mol. The number of primary sulfonamides is 1. The van der Waals surface area contributed by atoms with Crippen LogP contribution in [0.15, 0.2) is 65.6 Å². The highest BCUT2D eigenvalue weighted by molar-refractivity contribution is 7.89. The first-order valence-electron chi connectivity index (χ1n) is 9.41. The number of nitrogen functional groups attached to an aromatic ring is 1. The highest BCUT2D eigenvalue weighted by atomic mass is 32.2. The Hall–Kier alpha value is -3.95. The normalized spacial score (nSPS) is 11.5. The lowest BCUT2D eigenvalue weighted by atomic mass is 9.96. The van der Waals surface area contributed by atoms with Gasteiger partial charge in [-0.25, -0.2) is 13.6 Å². The van der Waals surface area contributed by atoms with E-state index in [1.807, 2.05) is 6.07 Å². The molecule has 3 rings (SSSR count). The second kappa shape index (κ2) is 9.04. The van der Waals surface area contributed by atoms with Crippen molar-refractivity contribution in [3.63, 3.8) is 0 Å². The minimum absolute atomic E-state index is 0.0806. The Kier molecular flexibility index (Phi) is 6.42. The van der Waals surface area contributed by atoms with Crippen molar-refractivity contribution < 1.29 is 23.1 Å². The average Bonchev–Trinajstić information content (AvgIpc) is 2.72.